The van der Waals surface area contributed by atoms with Crippen LogP contribution in [0.15, 0.2) is 91.3 Å². The van der Waals surface area contributed by atoms with Gasteiger partial charge in [0.2, 0.25) is 0 Å². The predicted octanol–water partition coefficient (Wildman–Crippen LogP) is 4.54. The molecule has 0 aliphatic rings. The maximum atomic E-state index is 11.8. The van der Waals surface area contributed by atoms with Crippen LogP contribution in [-0.2, 0) is 17.8 Å². The molecule has 4 aromatic rings. The van der Waals surface area contributed by atoms with Crippen molar-refractivity contribution in [2.45, 2.75) is 19.1 Å². The van der Waals surface area contributed by atoms with Crippen LogP contribution in [0, 0.1) is 0 Å². The number of anilines is 1. The number of rotatable bonds is 9. The molecule has 7 nitrogen and oxygen atoms in total. The summed E-state index contributed by atoms with van der Waals surface area (Å²) >= 11 is 0. The van der Waals surface area contributed by atoms with Gasteiger partial charge in [-0.05, 0) is 47.5 Å². The zero-order chi connectivity index (χ0) is 23.0. The average Bonchev–Trinajstić information content (AvgIpc) is 2.83. The van der Waals surface area contributed by atoms with E-state index in [0.717, 1.165) is 16.9 Å². The number of ether oxygens (including phenoxy) is 1. The predicted molar refractivity (Wildman–Crippen MR) is 125 cm³/mol. The molecule has 0 fully saturated rings. The molecule has 3 N–H and O–H groups in total. The molecule has 7 heteroatoms. The molecule has 0 bridgehead atoms. The third-order valence-corrected chi connectivity index (χ3v) is 5.04. The van der Waals surface area contributed by atoms with Gasteiger partial charge in [0.25, 0.3) is 0 Å². The van der Waals surface area contributed by atoms with Crippen molar-refractivity contribution in [1.29, 1.82) is 0 Å². The first kappa shape index (κ1) is 21.8. The molecule has 0 unspecified atom stereocenters. The zero-order valence-electron chi connectivity index (χ0n) is 17.8. The summed E-state index contributed by atoms with van der Waals surface area (Å²) in [6, 6.07) is 24.8. The molecule has 4 rings (SSSR count). The molecule has 0 amide bonds. The summed E-state index contributed by atoms with van der Waals surface area (Å²) in [7, 11) is 0. The number of phenolic OH excluding ortho intramolecular Hbond substituents is 1. The quantitative estimate of drug-likeness (QED) is 0.350. The van der Waals surface area contributed by atoms with Crippen LogP contribution in [0.5, 0.6) is 11.5 Å². The van der Waals surface area contributed by atoms with E-state index < -0.39 is 12.0 Å². The highest BCUT2D eigenvalue weighted by molar-refractivity contribution is 5.77. The Morgan fingerprint density at radius 1 is 0.909 bits per heavy atom. The van der Waals surface area contributed by atoms with Crippen molar-refractivity contribution in [1.82, 2.24) is 9.97 Å². The van der Waals surface area contributed by atoms with Crippen LogP contribution in [0.1, 0.15) is 11.1 Å². The molecular formula is C26H23N3O4. The highest BCUT2D eigenvalue weighted by Crippen LogP contribution is 2.23. The van der Waals surface area contributed by atoms with Gasteiger partial charge >= 0.3 is 5.97 Å². The lowest BCUT2D eigenvalue weighted by molar-refractivity contribution is -0.137. The zero-order valence-corrected chi connectivity index (χ0v) is 17.8. The van der Waals surface area contributed by atoms with E-state index in [1.165, 1.54) is 6.33 Å². The van der Waals surface area contributed by atoms with Crippen molar-refractivity contribution in [2.24, 2.45) is 0 Å². The number of aromatic nitrogens is 2. The maximum absolute atomic E-state index is 11.8. The van der Waals surface area contributed by atoms with E-state index in [-0.39, 0.29) is 12.2 Å². The Bertz CT molecular complexity index is 1210. The fraction of sp³-hybridized carbons (Fsp3) is 0.115. The van der Waals surface area contributed by atoms with Crippen molar-refractivity contribution >= 4 is 11.8 Å². The molecule has 0 saturated heterocycles. The molecular weight excluding hydrogens is 418 g/mol. The molecule has 0 aliphatic heterocycles. The molecule has 1 aromatic heterocycles. The van der Waals surface area contributed by atoms with Gasteiger partial charge in [0.15, 0.2) is 0 Å². The number of hydrogen-bond acceptors (Lipinski definition) is 6. The van der Waals surface area contributed by atoms with Gasteiger partial charge in [-0.3, -0.25) is 0 Å². The van der Waals surface area contributed by atoms with Crippen LogP contribution in [0.4, 0.5) is 5.82 Å². The number of carboxylic acids is 1. The SMILES string of the molecule is O=C(O)[C@H](Cc1cccc(O)c1)Nc1cc(-c2ccc(OCc3ccccc3)cc2)ncn1. The van der Waals surface area contributed by atoms with Crippen molar-refractivity contribution < 1.29 is 19.7 Å². The number of benzene rings is 3. The lowest BCUT2D eigenvalue weighted by Gasteiger charge is -2.16. The molecule has 166 valence electrons. The molecule has 33 heavy (non-hydrogen) atoms. The number of phenols is 1. The highest BCUT2D eigenvalue weighted by Gasteiger charge is 2.19. The second-order valence-electron chi connectivity index (χ2n) is 7.50. The van der Waals surface area contributed by atoms with Crippen LogP contribution in [0.25, 0.3) is 11.3 Å². The molecule has 0 saturated carbocycles. The molecule has 1 heterocycles. The Balaban J connectivity index is 1.43. The van der Waals surface area contributed by atoms with Crippen LogP contribution < -0.4 is 10.1 Å². The maximum Gasteiger partial charge on any atom is 0.326 e. The Morgan fingerprint density at radius 3 is 2.39 bits per heavy atom. The Morgan fingerprint density at radius 2 is 1.67 bits per heavy atom. The number of carboxylic acid groups (broad SMARTS) is 1. The van der Waals surface area contributed by atoms with Crippen LogP contribution in [0.3, 0.4) is 0 Å². The smallest absolute Gasteiger partial charge is 0.326 e. The van der Waals surface area contributed by atoms with Crippen LogP contribution >= 0.6 is 0 Å². The standard InChI is InChI=1S/C26H23N3O4/c30-21-8-4-7-19(13-21)14-24(26(31)32)29-25-15-23(27-17-28-25)20-9-11-22(12-10-20)33-16-18-5-2-1-3-6-18/h1-13,15,17,24,30H,14,16H2,(H,31,32)(H,27,28,29)/t24-/m0/s1. The molecule has 1 atom stereocenters. The van der Waals surface area contributed by atoms with E-state index in [1.807, 2.05) is 54.6 Å². The molecule has 0 aliphatic carbocycles. The van der Waals surface area contributed by atoms with E-state index in [0.29, 0.717) is 23.7 Å². The fourth-order valence-corrected chi connectivity index (χ4v) is 3.35. The summed E-state index contributed by atoms with van der Waals surface area (Å²) in [6.07, 6.45) is 1.58. The number of carbonyl (C=O) groups is 1. The highest BCUT2D eigenvalue weighted by atomic mass is 16.5. The minimum absolute atomic E-state index is 0.0946. The van der Waals surface area contributed by atoms with E-state index in [1.54, 1.807) is 30.3 Å². The minimum atomic E-state index is -1.02. The molecule has 0 spiro atoms. The average molecular weight is 441 g/mol. The van der Waals surface area contributed by atoms with E-state index in [9.17, 15) is 15.0 Å². The second kappa shape index (κ2) is 10.3. The van der Waals surface area contributed by atoms with E-state index in [2.05, 4.69) is 15.3 Å². The Kier molecular flexibility index (Phi) is 6.80. The van der Waals surface area contributed by atoms with Crippen molar-refractivity contribution in [2.75, 3.05) is 5.32 Å². The van der Waals surface area contributed by atoms with Gasteiger partial charge in [-0.25, -0.2) is 14.8 Å². The van der Waals surface area contributed by atoms with E-state index >= 15 is 0 Å². The Labute approximate surface area is 191 Å². The summed E-state index contributed by atoms with van der Waals surface area (Å²) in [5, 5.41) is 22.2. The Hall–Kier alpha value is -4.39. The summed E-state index contributed by atoms with van der Waals surface area (Å²) < 4.78 is 5.82. The summed E-state index contributed by atoms with van der Waals surface area (Å²) in [5.41, 5.74) is 3.30. The number of aliphatic carboxylic acids is 1. The van der Waals surface area contributed by atoms with Crippen LogP contribution in [-0.4, -0.2) is 32.2 Å². The number of nitrogens with one attached hydrogen (secondary N) is 1. The van der Waals surface area contributed by atoms with Crippen molar-refractivity contribution in [3.63, 3.8) is 0 Å². The van der Waals surface area contributed by atoms with Gasteiger partial charge in [-0.2, -0.15) is 0 Å². The first-order chi connectivity index (χ1) is 16.1. The first-order valence-electron chi connectivity index (χ1n) is 10.4. The first-order valence-corrected chi connectivity index (χ1v) is 10.4. The fourth-order valence-electron chi connectivity index (χ4n) is 3.35. The van der Waals surface area contributed by atoms with Crippen LogP contribution in [0.2, 0.25) is 0 Å². The third kappa shape index (κ3) is 6.07. The largest absolute Gasteiger partial charge is 0.508 e. The van der Waals surface area contributed by atoms with E-state index in [4.69, 9.17) is 4.74 Å². The van der Waals surface area contributed by atoms with Gasteiger partial charge in [0.05, 0.1) is 5.69 Å². The monoisotopic (exact) mass is 441 g/mol. The lowest BCUT2D eigenvalue weighted by Crippen LogP contribution is -2.31. The van der Waals surface area contributed by atoms with Gasteiger partial charge in [0.1, 0.15) is 36.3 Å². The minimum Gasteiger partial charge on any atom is -0.508 e. The number of nitrogens with zero attached hydrogens (tertiary/aromatic N) is 2. The van der Waals surface area contributed by atoms with Gasteiger partial charge in [0, 0.05) is 18.1 Å². The number of hydrogen-bond donors (Lipinski definition) is 3. The van der Waals surface area contributed by atoms with Gasteiger partial charge in [-0.15, -0.1) is 0 Å². The topological polar surface area (TPSA) is 105 Å². The number of aromatic hydroxyl groups is 1. The van der Waals surface area contributed by atoms with Gasteiger partial charge < -0.3 is 20.3 Å². The lowest BCUT2D eigenvalue weighted by atomic mass is 10.1. The molecule has 0 radical (unpaired) electrons. The third-order valence-electron chi connectivity index (χ3n) is 5.04. The summed E-state index contributed by atoms with van der Waals surface area (Å²) in [6.45, 7) is 0.484. The van der Waals surface area contributed by atoms with Gasteiger partial charge in [-0.1, -0.05) is 42.5 Å². The summed E-state index contributed by atoms with van der Waals surface area (Å²) in [5.74, 6) is 0.222. The van der Waals surface area contributed by atoms with Crippen molar-refractivity contribution in [3.8, 4) is 22.8 Å². The summed E-state index contributed by atoms with van der Waals surface area (Å²) in [4.78, 5) is 20.2. The normalized spacial score (nSPS) is 11.5. The second-order valence-corrected chi connectivity index (χ2v) is 7.50. The van der Waals surface area contributed by atoms with Crippen molar-refractivity contribution in [3.05, 3.63) is 102 Å². The molecule has 3 aromatic carbocycles.